The second-order valence-electron chi connectivity index (χ2n) is 8.60. The van der Waals surface area contributed by atoms with Gasteiger partial charge < -0.3 is 23.1 Å². The van der Waals surface area contributed by atoms with Crippen molar-refractivity contribution in [2.45, 2.75) is 58.1 Å². The van der Waals surface area contributed by atoms with Crippen LogP contribution in [0.2, 0.25) is 0 Å². The molecule has 5 rings (SSSR count). The molecule has 2 atom stereocenters. The molecule has 0 spiro atoms. The minimum atomic E-state index is -0.173. The Hall–Kier alpha value is -3.67. The molecule has 1 fully saturated rings. The summed E-state index contributed by atoms with van der Waals surface area (Å²) in [4.78, 5) is 8.54. The highest BCUT2D eigenvalue weighted by Crippen LogP contribution is 2.25. The number of hydrogen-bond acceptors (Lipinski definition) is 6. The minimum Gasteiger partial charge on any atom is -0.356 e. The van der Waals surface area contributed by atoms with Gasteiger partial charge in [0.2, 0.25) is 0 Å². The summed E-state index contributed by atoms with van der Waals surface area (Å²) in [5.41, 5.74) is 2.76. The van der Waals surface area contributed by atoms with Crippen molar-refractivity contribution in [2.75, 3.05) is 6.61 Å². The van der Waals surface area contributed by atoms with Crippen LogP contribution >= 0.6 is 0 Å². The molecule has 3 aromatic heterocycles. The molecule has 1 aliphatic rings. The molecule has 1 saturated heterocycles. The van der Waals surface area contributed by atoms with Crippen molar-refractivity contribution in [1.82, 2.24) is 24.3 Å². The molecule has 8 nitrogen and oxygen atoms in total. The predicted octanol–water partition coefficient (Wildman–Crippen LogP) is 4.83. The van der Waals surface area contributed by atoms with Gasteiger partial charge >= 0.3 is 0 Å². The minimum absolute atomic E-state index is 0.160. The third kappa shape index (κ3) is 6.07. The third-order valence-corrected chi connectivity index (χ3v) is 5.95. The number of nitrogens with zero attached hydrogens (tertiary/aromatic N) is 5. The highest BCUT2D eigenvalue weighted by atomic mass is 16.7. The summed E-state index contributed by atoms with van der Waals surface area (Å²) in [6.45, 7) is 4.16. The van der Waals surface area contributed by atoms with Crippen LogP contribution in [0.4, 0.5) is 0 Å². The van der Waals surface area contributed by atoms with Crippen LogP contribution in [0.1, 0.15) is 55.8 Å². The van der Waals surface area contributed by atoms with E-state index in [1.54, 1.807) is 18.7 Å². The largest absolute Gasteiger partial charge is 0.356 e. The number of imidazole rings is 2. The second kappa shape index (κ2) is 11.2. The second-order valence-corrected chi connectivity index (χ2v) is 8.60. The van der Waals surface area contributed by atoms with Crippen molar-refractivity contribution in [3.63, 3.8) is 0 Å². The van der Waals surface area contributed by atoms with Crippen molar-refractivity contribution in [3.05, 3.63) is 78.5 Å². The number of aryl methyl sites for hydroxylation is 1. The Morgan fingerprint density at radius 2 is 2.09 bits per heavy atom. The van der Waals surface area contributed by atoms with Gasteiger partial charge in [0.1, 0.15) is 17.6 Å². The number of rotatable bonds is 8. The van der Waals surface area contributed by atoms with Gasteiger partial charge in [-0.25, -0.2) is 9.97 Å². The van der Waals surface area contributed by atoms with E-state index < -0.39 is 0 Å². The zero-order valence-corrected chi connectivity index (χ0v) is 19.8. The van der Waals surface area contributed by atoms with Crippen LogP contribution in [0.25, 0.3) is 11.3 Å². The van der Waals surface area contributed by atoms with Gasteiger partial charge in [-0.2, -0.15) is 0 Å². The maximum Gasteiger partial charge on any atom is 0.167 e. The van der Waals surface area contributed by atoms with E-state index in [0.29, 0.717) is 6.54 Å². The molecule has 4 aromatic rings. The third-order valence-electron chi connectivity index (χ3n) is 5.95. The molecule has 0 aliphatic carbocycles. The highest BCUT2D eigenvalue weighted by Gasteiger charge is 2.21. The summed E-state index contributed by atoms with van der Waals surface area (Å²) in [6, 6.07) is 9.98. The Labute approximate surface area is 204 Å². The molecule has 1 aromatic carbocycles. The monoisotopic (exact) mass is 471 g/mol. The molecule has 8 heteroatoms. The molecule has 0 amide bonds. The van der Waals surface area contributed by atoms with Gasteiger partial charge in [-0.15, -0.1) is 0 Å². The molecular formula is C27H29N5O3. The highest BCUT2D eigenvalue weighted by molar-refractivity contribution is 5.59. The predicted molar refractivity (Wildman–Crippen MR) is 130 cm³/mol. The lowest BCUT2D eigenvalue weighted by Gasteiger charge is -2.26. The van der Waals surface area contributed by atoms with E-state index in [4.69, 9.17) is 14.0 Å². The van der Waals surface area contributed by atoms with E-state index in [9.17, 15) is 0 Å². The number of hydrogen-bond donors (Lipinski definition) is 0. The average molecular weight is 472 g/mol. The van der Waals surface area contributed by atoms with Gasteiger partial charge in [-0.3, -0.25) is 0 Å². The van der Waals surface area contributed by atoms with E-state index in [0.717, 1.165) is 67.2 Å². The van der Waals surface area contributed by atoms with Crippen LogP contribution in [-0.2, 0) is 22.6 Å². The lowest BCUT2D eigenvalue weighted by Crippen LogP contribution is -2.24. The maximum atomic E-state index is 6.09. The van der Waals surface area contributed by atoms with Crippen LogP contribution in [0.15, 0.2) is 66.0 Å². The van der Waals surface area contributed by atoms with Gasteiger partial charge in [0.25, 0.3) is 0 Å². The zero-order valence-electron chi connectivity index (χ0n) is 19.8. The summed E-state index contributed by atoms with van der Waals surface area (Å²) in [6.07, 6.45) is 12.8. The van der Waals surface area contributed by atoms with E-state index in [1.165, 1.54) is 0 Å². The summed E-state index contributed by atoms with van der Waals surface area (Å²) in [5.74, 6) is 7.98. The first-order valence-electron chi connectivity index (χ1n) is 12.0. The smallest absolute Gasteiger partial charge is 0.167 e. The summed E-state index contributed by atoms with van der Waals surface area (Å²) >= 11 is 0. The lowest BCUT2D eigenvalue weighted by atomic mass is 10.1. The van der Waals surface area contributed by atoms with Gasteiger partial charge in [-0.1, -0.05) is 17.0 Å². The van der Waals surface area contributed by atoms with E-state index in [2.05, 4.69) is 27.0 Å². The van der Waals surface area contributed by atoms with Gasteiger partial charge in [0.15, 0.2) is 12.1 Å². The van der Waals surface area contributed by atoms with Crippen molar-refractivity contribution in [3.8, 4) is 23.2 Å². The topological polar surface area (TPSA) is 80.1 Å². The molecule has 4 heterocycles. The molecule has 0 bridgehead atoms. The van der Waals surface area contributed by atoms with E-state index in [-0.39, 0.29) is 12.4 Å². The number of ether oxygens (including phenoxy) is 2. The average Bonchev–Trinajstić information content (AvgIpc) is 3.66. The van der Waals surface area contributed by atoms with Crippen LogP contribution in [-0.4, -0.2) is 37.2 Å². The molecule has 1 unspecified atom stereocenters. The van der Waals surface area contributed by atoms with Crippen LogP contribution in [0.5, 0.6) is 0 Å². The van der Waals surface area contributed by atoms with Gasteiger partial charge in [0.05, 0.1) is 12.9 Å². The van der Waals surface area contributed by atoms with Crippen LogP contribution in [0.3, 0.4) is 0 Å². The summed E-state index contributed by atoms with van der Waals surface area (Å²) in [5, 5.41) is 4.27. The van der Waals surface area contributed by atoms with Crippen molar-refractivity contribution >= 4 is 0 Å². The SMILES string of the molecule is C[C@H](OC1CCCCO1)c1nccn1Cc1cc(-c2ccc(C#CCCn3ccnc3)cc2)on1. The molecule has 0 N–H and O–H groups in total. The Bertz CT molecular complexity index is 1260. The molecular weight excluding hydrogens is 442 g/mol. The first kappa shape index (κ1) is 23.1. The summed E-state index contributed by atoms with van der Waals surface area (Å²) < 4.78 is 21.5. The van der Waals surface area contributed by atoms with Crippen LogP contribution in [0, 0.1) is 11.8 Å². The van der Waals surface area contributed by atoms with Crippen molar-refractivity contribution in [1.29, 1.82) is 0 Å². The molecule has 1 aliphatic heterocycles. The molecule has 0 saturated carbocycles. The van der Waals surface area contributed by atoms with Crippen molar-refractivity contribution in [2.24, 2.45) is 0 Å². The van der Waals surface area contributed by atoms with Gasteiger partial charge in [-0.05, 0) is 50.5 Å². The Morgan fingerprint density at radius 3 is 2.89 bits per heavy atom. The fourth-order valence-electron chi connectivity index (χ4n) is 4.10. The van der Waals surface area contributed by atoms with Crippen molar-refractivity contribution < 1.29 is 14.0 Å². The first-order chi connectivity index (χ1) is 17.2. The summed E-state index contributed by atoms with van der Waals surface area (Å²) in [7, 11) is 0. The first-order valence-corrected chi connectivity index (χ1v) is 12.0. The Morgan fingerprint density at radius 1 is 1.17 bits per heavy atom. The number of benzene rings is 1. The number of aromatic nitrogens is 5. The van der Waals surface area contributed by atoms with Gasteiger partial charge in [0, 0.05) is 61.6 Å². The van der Waals surface area contributed by atoms with Crippen LogP contribution < -0.4 is 0 Å². The fourth-order valence-corrected chi connectivity index (χ4v) is 4.10. The quantitative estimate of drug-likeness (QED) is 0.343. The van der Waals surface area contributed by atoms with E-state index >= 15 is 0 Å². The Balaban J connectivity index is 1.18. The molecule has 35 heavy (non-hydrogen) atoms. The van der Waals surface area contributed by atoms with E-state index in [1.807, 2.05) is 58.8 Å². The lowest BCUT2D eigenvalue weighted by molar-refractivity contribution is -0.188. The zero-order chi connectivity index (χ0) is 23.9. The molecule has 0 radical (unpaired) electrons. The normalized spacial score (nSPS) is 16.5. The molecule has 180 valence electrons. The fraction of sp³-hybridized carbons (Fsp3) is 0.370. The maximum absolute atomic E-state index is 6.09. The standard InChI is InChI=1S/C27H29N5O3/c1-21(34-26-7-3-5-17-33-26)27-29-13-16-32(27)19-24-18-25(35-30-24)23-10-8-22(9-11-23)6-2-4-14-31-15-12-28-20-31/h8-13,15-16,18,20-21,26H,3-5,7,14,17,19H2,1H3/t21-,26?/m0/s1. The Kier molecular flexibility index (Phi) is 7.37.